The third kappa shape index (κ3) is 3.55. The molecule has 1 aromatic rings. The zero-order valence-electron chi connectivity index (χ0n) is 11.2. The lowest BCUT2D eigenvalue weighted by atomic mass is 10.1. The lowest BCUT2D eigenvalue weighted by molar-refractivity contribution is -0.132. The summed E-state index contributed by atoms with van der Waals surface area (Å²) in [5.74, 6) is 0.176. The van der Waals surface area contributed by atoms with Crippen molar-refractivity contribution in [2.45, 2.75) is 19.4 Å². The average molecular weight is 257 g/mol. The Labute approximate surface area is 114 Å². The summed E-state index contributed by atoms with van der Waals surface area (Å²) in [5, 5.41) is 8.88. The molecule has 4 heteroatoms. The summed E-state index contributed by atoms with van der Waals surface area (Å²) >= 11 is 0. The van der Waals surface area contributed by atoms with Crippen LogP contribution in [-0.4, -0.2) is 47.9 Å². The average Bonchev–Trinajstić information content (AvgIpc) is 2.47. The van der Waals surface area contributed by atoms with Crippen LogP contribution < -0.4 is 0 Å². The molecule has 0 saturated carbocycles. The van der Waals surface area contributed by atoms with Crippen molar-refractivity contribution in [3.8, 4) is 6.07 Å². The minimum absolute atomic E-state index is 0.0635. The number of rotatable bonds is 3. The molecule has 1 aliphatic rings. The van der Waals surface area contributed by atoms with E-state index >= 15 is 0 Å². The smallest absolute Gasteiger partial charge is 0.227 e. The van der Waals surface area contributed by atoms with Crippen LogP contribution in [0.1, 0.15) is 12.5 Å². The molecule has 0 spiro atoms. The van der Waals surface area contributed by atoms with Gasteiger partial charge >= 0.3 is 0 Å². The predicted octanol–water partition coefficient (Wildman–Crippen LogP) is 1.29. The van der Waals surface area contributed by atoms with Crippen molar-refractivity contribution in [3.63, 3.8) is 0 Å². The monoisotopic (exact) mass is 257 g/mol. The Morgan fingerprint density at radius 1 is 1.26 bits per heavy atom. The second kappa shape index (κ2) is 6.35. The Morgan fingerprint density at radius 3 is 2.47 bits per heavy atom. The van der Waals surface area contributed by atoms with Crippen molar-refractivity contribution in [2.24, 2.45) is 0 Å². The fourth-order valence-electron chi connectivity index (χ4n) is 2.32. The van der Waals surface area contributed by atoms with Crippen LogP contribution in [0.15, 0.2) is 30.3 Å². The van der Waals surface area contributed by atoms with Crippen LogP contribution in [0.2, 0.25) is 0 Å². The van der Waals surface area contributed by atoms with E-state index in [2.05, 4.69) is 11.0 Å². The van der Waals surface area contributed by atoms with E-state index in [-0.39, 0.29) is 11.9 Å². The number of hydrogen-bond donors (Lipinski definition) is 0. The molecule has 1 atom stereocenters. The van der Waals surface area contributed by atoms with E-state index in [4.69, 9.17) is 5.26 Å². The first-order valence-electron chi connectivity index (χ1n) is 6.66. The summed E-state index contributed by atoms with van der Waals surface area (Å²) in [6.45, 7) is 4.92. The summed E-state index contributed by atoms with van der Waals surface area (Å²) in [4.78, 5) is 16.2. The Morgan fingerprint density at radius 2 is 1.89 bits per heavy atom. The lowest BCUT2D eigenvalue weighted by Crippen LogP contribution is -2.51. The van der Waals surface area contributed by atoms with Gasteiger partial charge in [0, 0.05) is 26.2 Å². The maximum Gasteiger partial charge on any atom is 0.227 e. The first kappa shape index (κ1) is 13.6. The normalized spacial score (nSPS) is 17.8. The van der Waals surface area contributed by atoms with Gasteiger partial charge in [-0.1, -0.05) is 30.3 Å². The van der Waals surface area contributed by atoms with Crippen LogP contribution in [0.5, 0.6) is 0 Å². The third-order valence-corrected chi connectivity index (χ3v) is 3.60. The van der Waals surface area contributed by atoms with Crippen molar-refractivity contribution in [2.75, 3.05) is 26.2 Å². The van der Waals surface area contributed by atoms with Gasteiger partial charge < -0.3 is 4.90 Å². The van der Waals surface area contributed by atoms with Gasteiger partial charge in [-0.25, -0.2) is 0 Å². The maximum absolute atomic E-state index is 12.2. The molecule has 2 rings (SSSR count). The van der Waals surface area contributed by atoms with E-state index in [0.29, 0.717) is 6.42 Å². The van der Waals surface area contributed by atoms with E-state index in [0.717, 1.165) is 31.7 Å². The molecule has 0 radical (unpaired) electrons. The quantitative estimate of drug-likeness (QED) is 0.819. The van der Waals surface area contributed by atoms with Crippen LogP contribution >= 0.6 is 0 Å². The Kier molecular flexibility index (Phi) is 4.53. The molecule has 1 saturated heterocycles. The Balaban J connectivity index is 1.85. The number of hydrogen-bond acceptors (Lipinski definition) is 3. The molecule has 0 bridgehead atoms. The second-order valence-corrected chi connectivity index (χ2v) is 4.88. The topological polar surface area (TPSA) is 47.3 Å². The third-order valence-electron chi connectivity index (χ3n) is 3.60. The number of nitrogens with zero attached hydrogens (tertiary/aromatic N) is 3. The van der Waals surface area contributed by atoms with Crippen molar-refractivity contribution in [1.82, 2.24) is 9.80 Å². The van der Waals surface area contributed by atoms with Gasteiger partial charge in [-0.2, -0.15) is 5.26 Å². The zero-order chi connectivity index (χ0) is 13.7. The molecule has 1 fully saturated rings. The van der Waals surface area contributed by atoms with Crippen LogP contribution in [-0.2, 0) is 11.2 Å². The largest absolute Gasteiger partial charge is 0.340 e. The zero-order valence-corrected chi connectivity index (χ0v) is 11.2. The van der Waals surface area contributed by atoms with Gasteiger partial charge in [0.25, 0.3) is 0 Å². The van der Waals surface area contributed by atoms with Crippen molar-refractivity contribution in [3.05, 3.63) is 35.9 Å². The summed E-state index contributed by atoms with van der Waals surface area (Å²) in [6, 6.07) is 12.0. The van der Waals surface area contributed by atoms with E-state index in [9.17, 15) is 4.79 Å². The van der Waals surface area contributed by atoms with Crippen molar-refractivity contribution < 1.29 is 4.79 Å². The van der Waals surface area contributed by atoms with Gasteiger partial charge in [0.1, 0.15) is 0 Å². The second-order valence-electron chi connectivity index (χ2n) is 4.88. The minimum atomic E-state index is -0.0635. The van der Waals surface area contributed by atoms with Gasteiger partial charge in [-0.05, 0) is 12.5 Å². The Hall–Kier alpha value is -1.86. The first-order chi connectivity index (χ1) is 9.20. The van der Waals surface area contributed by atoms with Gasteiger partial charge in [0.2, 0.25) is 5.91 Å². The van der Waals surface area contributed by atoms with Crippen LogP contribution in [0, 0.1) is 11.3 Å². The van der Waals surface area contributed by atoms with Crippen LogP contribution in [0.3, 0.4) is 0 Å². The van der Waals surface area contributed by atoms with E-state index in [1.165, 1.54) is 0 Å². The molecule has 0 N–H and O–H groups in total. The molecule has 1 unspecified atom stereocenters. The standard InChI is InChI=1S/C15H19N3O/c1-13(12-16)17-7-9-18(10-8-17)15(19)11-14-5-3-2-4-6-14/h2-6,13H,7-11H2,1H3. The summed E-state index contributed by atoms with van der Waals surface area (Å²) in [6.07, 6.45) is 0.467. The molecule has 4 nitrogen and oxygen atoms in total. The molecule has 1 heterocycles. The number of amides is 1. The highest BCUT2D eigenvalue weighted by atomic mass is 16.2. The fraction of sp³-hybridized carbons (Fsp3) is 0.467. The van der Waals surface area contributed by atoms with Gasteiger partial charge in [-0.15, -0.1) is 0 Å². The molecule has 0 aromatic heterocycles. The molecule has 1 aromatic carbocycles. The van der Waals surface area contributed by atoms with Crippen LogP contribution in [0.4, 0.5) is 0 Å². The number of nitriles is 1. The van der Waals surface area contributed by atoms with Crippen molar-refractivity contribution >= 4 is 5.91 Å². The molecule has 100 valence electrons. The van der Waals surface area contributed by atoms with E-state index in [1.807, 2.05) is 42.2 Å². The summed E-state index contributed by atoms with van der Waals surface area (Å²) in [7, 11) is 0. The highest BCUT2D eigenvalue weighted by Crippen LogP contribution is 2.08. The fourth-order valence-corrected chi connectivity index (χ4v) is 2.32. The molecule has 1 aliphatic heterocycles. The number of carbonyl (C=O) groups is 1. The lowest BCUT2D eigenvalue weighted by Gasteiger charge is -2.36. The predicted molar refractivity (Wildman–Crippen MR) is 73.4 cm³/mol. The van der Waals surface area contributed by atoms with Crippen LogP contribution in [0.25, 0.3) is 0 Å². The van der Waals surface area contributed by atoms with E-state index < -0.39 is 0 Å². The van der Waals surface area contributed by atoms with Gasteiger partial charge in [-0.3, -0.25) is 9.69 Å². The molecule has 0 aliphatic carbocycles. The summed E-state index contributed by atoms with van der Waals surface area (Å²) < 4.78 is 0. The highest BCUT2D eigenvalue weighted by molar-refractivity contribution is 5.78. The minimum Gasteiger partial charge on any atom is -0.340 e. The van der Waals surface area contributed by atoms with Gasteiger partial charge in [0.15, 0.2) is 0 Å². The number of carbonyl (C=O) groups excluding carboxylic acids is 1. The molecule has 19 heavy (non-hydrogen) atoms. The van der Waals surface area contributed by atoms with Crippen molar-refractivity contribution in [1.29, 1.82) is 5.26 Å². The molecular formula is C15H19N3O. The number of benzene rings is 1. The summed E-state index contributed by atoms with van der Waals surface area (Å²) in [5.41, 5.74) is 1.06. The first-order valence-corrected chi connectivity index (χ1v) is 6.66. The SMILES string of the molecule is CC(C#N)N1CCN(C(=O)Cc2ccccc2)CC1. The molecular weight excluding hydrogens is 238 g/mol. The van der Waals surface area contributed by atoms with Gasteiger partial charge in [0.05, 0.1) is 18.5 Å². The molecule has 1 amide bonds. The highest BCUT2D eigenvalue weighted by Gasteiger charge is 2.23. The Bertz CT molecular complexity index is 458. The number of piperazine rings is 1. The van der Waals surface area contributed by atoms with E-state index in [1.54, 1.807) is 0 Å². The maximum atomic E-state index is 12.2.